The number of hydrogen-bond acceptors (Lipinski definition) is 5. The second-order valence-corrected chi connectivity index (χ2v) is 9.38. The van der Waals surface area contributed by atoms with Gasteiger partial charge in [0.2, 0.25) is 0 Å². The summed E-state index contributed by atoms with van der Waals surface area (Å²) in [4.78, 5) is 9.26. The normalized spacial score (nSPS) is 15.6. The Labute approximate surface area is 191 Å². The SMILES string of the molecule is COCCn1c([S+](C)[O-])nc(-c2ccc(F)cc2)c1-c1ccnc(NC2CCCCC2)c1. The van der Waals surface area contributed by atoms with Crippen LogP contribution in [0, 0.1) is 5.82 Å². The monoisotopic (exact) mass is 456 g/mol. The molecule has 1 fully saturated rings. The van der Waals surface area contributed by atoms with Crippen molar-refractivity contribution in [2.24, 2.45) is 0 Å². The van der Waals surface area contributed by atoms with Gasteiger partial charge >= 0.3 is 5.16 Å². The molecule has 2 heterocycles. The summed E-state index contributed by atoms with van der Waals surface area (Å²) in [5, 5.41) is 4.04. The molecule has 0 spiro atoms. The van der Waals surface area contributed by atoms with E-state index < -0.39 is 11.2 Å². The molecule has 1 aliphatic carbocycles. The van der Waals surface area contributed by atoms with Crippen LogP contribution in [0.25, 0.3) is 22.5 Å². The number of ether oxygens (including phenoxy) is 1. The summed E-state index contributed by atoms with van der Waals surface area (Å²) in [6, 6.07) is 10.6. The largest absolute Gasteiger partial charge is 0.609 e. The Morgan fingerprint density at radius 1 is 1.16 bits per heavy atom. The number of hydrogen-bond donors (Lipinski definition) is 1. The number of nitrogens with zero attached hydrogens (tertiary/aromatic N) is 3. The minimum absolute atomic E-state index is 0.309. The number of anilines is 1. The fourth-order valence-electron chi connectivity index (χ4n) is 4.26. The minimum Gasteiger partial charge on any atom is -0.609 e. The molecule has 1 saturated carbocycles. The zero-order chi connectivity index (χ0) is 22.5. The van der Waals surface area contributed by atoms with Gasteiger partial charge in [-0.25, -0.2) is 9.37 Å². The van der Waals surface area contributed by atoms with Crippen LogP contribution < -0.4 is 5.32 Å². The van der Waals surface area contributed by atoms with Gasteiger partial charge in [-0.05, 0) is 49.2 Å². The molecular weight excluding hydrogens is 427 g/mol. The van der Waals surface area contributed by atoms with E-state index in [4.69, 9.17) is 9.72 Å². The first-order chi connectivity index (χ1) is 15.6. The maximum Gasteiger partial charge on any atom is 0.324 e. The molecule has 0 amide bonds. The number of aromatic nitrogens is 3. The van der Waals surface area contributed by atoms with Crippen LogP contribution in [0.15, 0.2) is 47.8 Å². The van der Waals surface area contributed by atoms with Crippen molar-refractivity contribution in [3.05, 3.63) is 48.4 Å². The van der Waals surface area contributed by atoms with E-state index in [1.54, 1.807) is 31.7 Å². The fourth-order valence-corrected chi connectivity index (χ4v) is 4.97. The van der Waals surface area contributed by atoms with Crippen LogP contribution >= 0.6 is 0 Å². The highest BCUT2D eigenvalue weighted by atomic mass is 32.2. The van der Waals surface area contributed by atoms with Gasteiger partial charge in [0.1, 0.15) is 23.6 Å². The Kier molecular flexibility index (Phi) is 7.44. The van der Waals surface area contributed by atoms with Crippen molar-refractivity contribution in [1.29, 1.82) is 0 Å². The highest BCUT2D eigenvalue weighted by molar-refractivity contribution is 7.90. The first-order valence-electron chi connectivity index (χ1n) is 11.0. The number of methoxy groups -OCH3 is 1. The van der Waals surface area contributed by atoms with Gasteiger partial charge in [0.05, 0.1) is 18.8 Å². The zero-order valence-electron chi connectivity index (χ0n) is 18.5. The molecule has 1 N–H and O–H groups in total. The van der Waals surface area contributed by atoms with Crippen molar-refractivity contribution >= 4 is 17.0 Å². The van der Waals surface area contributed by atoms with E-state index >= 15 is 0 Å². The highest BCUT2D eigenvalue weighted by Gasteiger charge is 2.26. The summed E-state index contributed by atoms with van der Waals surface area (Å²) in [6.45, 7) is 0.956. The summed E-state index contributed by atoms with van der Waals surface area (Å²) in [5.41, 5.74) is 3.18. The first kappa shape index (κ1) is 22.8. The van der Waals surface area contributed by atoms with Gasteiger partial charge in [-0.1, -0.05) is 19.3 Å². The number of rotatable bonds is 8. The van der Waals surface area contributed by atoms with E-state index in [0.29, 0.717) is 30.0 Å². The number of nitrogens with one attached hydrogen (secondary N) is 1. The van der Waals surface area contributed by atoms with Crippen molar-refractivity contribution in [1.82, 2.24) is 14.5 Å². The van der Waals surface area contributed by atoms with Gasteiger partial charge in [-0.2, -0.15) is 4.98 Å². The fraction of sp³-hybridized carbons (Fsp3) is 0.417. The lowest BCUT2D eigenvalue weighted by molar-refractivity contribution is 0.185. The maximum absolute atomic E-state index is 13.6. The molecule has 0 saturated heterocycles. The van der Waals surface area contributed by atoms with Gasteiger partial charge in [-0.3, -0.25) is 4.57 Å². The molecule has 6 nitrogen and oxygen atoms in total. The second kappa shape index (κ2) is 10.5. The number of pyridine rings is 1. The van der Waals surface area contributed by atoms with Crippen LogP contribution in [0.3, 0.4) is 0 Å². The third-order valence-electron chi connectivity index (χ3n) is 5.82. The Bertz CT molecular complexity index is 1030. The Hall–Kier alpha value is -2.42. The molecule has 2 aromatic heterocycles. The van der Waals surface area contributed by atoms with Crippen molar-refractivity contribution in [3.63, 3.8) is 0 Å². The van der Waals surface area contributed by atoms with E-state index in [2.05, 4.69) is 10.3 Å². The number of halogens is 1. The van der Waals surface area contributed by atoms with Gasteiger partial charge in [-0.15, -0.1) is 0 Å². The lowest BCUT2D eigenvalue weighted by Gasteiger charge is -2.23. The molecule has 8 heteroatoms. The summed E-state index contributed by atoms with van der Waals surface area (Å²) in [7, 11) is 1.64. The topological polar surface area (TPSA) is 75.0 Å². The number of benzene rings is 1. The predicted molar refractivity (Wildman–Crippen MR) is 126 cm³/mol. The third-order valence-corrected chi connectivity index (χ3v) is 6.64. The second-order valence-electron chi connectivity index (χ2n) is 8.11. The molecule has 3 aromatic rings. The van der Waals surface area contributed by atoms with Crippen LogP contribution in [-0.4, -0.2) is 45.1 Å². The Balaban J connectivity index is 1.80. The summed E-state index contributed by atoms with van der Waals surface area (Å²) in [5.74, 6) is 0.509. The molecule has 1 aliphatic rings. The lowest BCUT2D eigenvalue weighted by atomic mass is 9.95. The molecule has 0 aliphatic heterocycles. The molecular formula is C24H29FN4O2S. The molecule has 170 valence electrons. The van der Waals surface area contributed by atoms with E-state index in [0.717, 1.165) is 35.5 Å². The standard InChI is InChI=1S/C24H29FN4O2S/c1-31-15-14-29-23(18-12-13-26-21(16-18)27-20-6-4-3-5-7-20)22(28-24(29)32(2)30)17-8-10-19(25)11-9-17/h8-13,16,20H,3-7,14-15H2,1-2H3,(H,26,27). The molecule has 0 radical (unpaired) electrons. The van der Waals surface area contributed by atoms with E-state index in [1.807, 2.05) is 16.7 Å². The van der Waals surface area contributed by atoms with Crippen LogP contribution in [0.1, 0.15) is 32.1 Å². The molecule has 0 bridgehead atoms. The van der Waals surface area contributed by atoms with Crippen LogP contribution in [0.2, 0.25) is 0 Å². The predicted octanol–water partition coefficient (Wildman–Crippen LogP) is 4.88. The molecule has 32 heavy (non-hydrogen) atoms. The van der Waals surface area contributed by atoms with Gasteiger partial charge in [0.25, 0.3) is 0 Å². The lowest BCUT2D eigenvalue weighted by Crippen LogP contribution is -2.22. The maximum atomic E-state index is 13.6. The quantitative estimate of drug-likeness (QED) is 0.489. The average molecular weight is 457 g/mol. The summed E-state index contributed by atoms with van der Waals surface area (Å²) in [6.07, 6.45) is 9.47. The molecule has 1 atom stereocenters. The van der Waals surface area contributed by atoms with Crippen molar-refractivity contribution in [2.75, 3.05) is 25.3 Å². The van der Waals surface area contributed by atoms with Crippen LogP contribution in [0.5, 0.6) is 0 Å². The highest BCUT2D eigenvalue weighted by Crippen LogP contribution is 2.35. The van der Waals surface area contributed by atoms with Crippen LogP contribution in [-0.2, 0) is 22.5 Å². The third kappa shape index (κ3) is 5.14. The van der Waals surface area contributed by atoms with E-state index in [1.165, 1.54) is 31.4 Å². The number of imidazole rings is 1. The first-order valence-corrected chi connectivity index (χ1v) is 12.5. The molecule has 1 unspecified atom stereocenters. The van der Waals surface area contributed by atoms with E-state index in [9.17, 15) is 8.94 Å². The van der Waals surface area contributed by atoms with Crippen LogP contribution in [0.4, 0.5) is 10.2 Å². The smallest absolute Gasteiger partial charge is 0.324 e. The van der Waals surface area contributed by atoms with Crippen molar-refractivity contribution in [3.8, 4) is 22.5 Å². The average Bonchev–Trinajstić information content (AvgIpc) is 3.19. The minimum atomic E-state index is -1.31. The van der Waals surface area contributed by atoms with Gasteiger partial charge in [0.15, 0.2) is 0 Å². The summed E-state index contributed by atoms with van der Waals surface area (Å²) < 4.78 is 33.4. The molecule has 1 aromatic carbocycles. The summed E-state index contributed by atoms with van der Waals surface area (Å²) >= 11 is -1.31. The van der Waals surface area contributed by atoms with Crippen molar-refractivity contribution in [2.45, 2.75) is 49.8 Å². The molecule has 4 rings (SSSR count). The van der Waals surface area contributed by atoms with E-state index in [-0.39, 0.29) is 5.82 Å². The van der Waals surface area contributed by atoms with Gasteiger partial charge < -0.3 is 14.6 Å². The Morgan fingerprint density at radius 2 is 1.91 bits per heavy atom. The van der Waals surface area contributed by atoms with Gasteiger partial charge in [0, 0.05) is 41.7 Å². The Morgan fingerprint density at radius 3 is 2.59 bits per heavy atom. The zero-order valence-corrected chi connectivity index (χ0v) is 19.3. The van der Waals surface area contributed by atoms with Crippen molar-refractivity contribution < 1.29 is 13.7 Å².